The average molecular weight is 406 g/mol. The van der Waals surface area contributed by atoms with Gasteiger partial charge in [0.25, 0.3) is 0 Å². The van der Waals surface area contributed by atoms with E-state index in [1.807, 2.05) is 35.2 Å². The summed E-state index contributed by atoms with van der Waals surface area (Å²) >= 11 is 0. The molecule has 0 spiro atoms. The first-order valence-electron chi connectivity index (χ1n) is 11.1. The predicted molar refractivity (Wildman–Crippen MR) is 121 cm³/mol. The van der Waals surface area contributed by atoms with Gasteiger partial charge >= 0.3 is 6.03 Å². The predicted octanol–water partition coefficient (Wildman–Crippen LogP) is 5.03. The van der Waals surface area contributed by atoms with Crippen molar-refractivity contribution in [1.82, 2.24) is 4.90 Å². The molecule has 1 N–H and O–H groups in total. The van der Waals surface area contributed by atoms with Gasteiger partial charge in [0.2, 0.25) is 5.91 Å². The lowest BCUT2D eigenvalue weighted by Crippen LogP contribution is -2.49. The van der Waals surface area contributed by atoms with Crippen LogP contribution in [0.3, 0.4) is 0 Å². The van der Waals surface area contributed by atoms with Crippen molar-refractivity contribution in [3.05, 3.63) is 59.7 Å². The number of piperidine rings is 1. The zero-order chi connectivity index (χ0) is 21.1. The van der Waals surface area contributed by atoms with E-state index in [0.29, 0.717) is 19.0 Å². The van der Waals surface area contributed by atoms with E-state index in [0.717, 1.165) is 43.6 Å². The van der Waals surface area contributed by atoms with E-state index in [9.17, 15) is 9.59 Å². The molecule has 2 heterocycles. The second-order valence-electron chi connectivity index (χ2n) is 8.72. The Kier molecular flexibility index (Phi) is 6.07. The topological polar surface area (TPSA) is 52.7 Å². The maximum Gasteiger partial charge on any atom is 0.321 e. The summed E-state index contributed by atoms with van der Waals surface area (Å²) in [7, 11) is 0. The summed E-state index contributed by atoms with van der Waals surface area (Å²) in [5.41, 5.74) is 4.43. The van der Waals surface area contributed by atoms with Gasteiger partial charge in [0.05, 0.1) is 5.92 Å². The number of nitrogens with one attached hydrogen (secondary N) is 1. The fraction of sp³-hybridized carbons (Fsp3) is 0.440. The first-order chi connectivity index (χ1) is 14.5. The Hall–Kier alpha value is -2.82. The van der Waals surface area contributed by atoms with E-state index in [1.165, 1.54) is 11.1 Å². The molecule has 0 aromatic heterocycles. The summed E-state index contributed by atoms with van der Waals surface area (Å²) in [5, 5.41) is 2.95. The van der Waals surface area contributed by atoms with Crippen LogP contribution in [0.5, 0.6) is 0 Å². The Morgan fingerprint density at radius 1 is 1.03 bits per heavy atom. The third kappa shape index (κ3) is 4.35. The quantitative estimate of drug-likeness (QED) is 0.778. The van der Waals surface area contributed by atoms with Crippen LogP contribution in [-0.4, -0.2) is 36.5 Å². The van der Waals surface area contributed by atoms with E-state index < -0.39 is 0 Å². The number of amides is 3. The first-order valence-corrected chi connectivity index (χ1v) is 11.1. The van der Waals surface area contributed by atoms with Crippen LogP contribution >= 0.6 is 0 Å². The summed E-state index contributed by atoms with van der Waals surface area (Å²) in [5.74, 6) is 0.498. The Balaban J connectivity index is 1.45. The van der Waals surface area contributed by atoms with Crippen LogP contribution in [0.2, 0.25) is 0 Å². The van der Waals surface area contributed by atoms with Gasteiger partial charge < -0.3 is 15.1 Å². The Morgan fingerprint density at radius 3 is 2.60 bits per heavy atom. The molecular formula is C25H31N3O2. The lowest BCUT2D eigenvalue weighted by Gasteiger charge is -2.37. The van der Waals surface area contributed by atoms with Crippen molar-refractivity contribution in [2.75, 3.05) is 29.9 Å². The molecule has 4 rings (SSSR count). The number of rotatable bonds is 3. The zero-order valence-corrected chi connectivity index (χ0v) is 17.9. The molecule has 158 valence electrons. The minimum atomic E-state index is -0.143. The molecule has 0 aliphatic carbocycles. The van der Waals surface area contributed by atoms with Gasteiger partial charge in [0.15, 0.2) is 0 Å². The molecule has 0 saturated carbocycles. The highest BCUT2D eigenvalue weighted by Gasteiger charge is 2.33. The van der Waals surface area contributed by atoms with E-state index in [2.05, 4.69) is 37.4 Å². The van der Waals surface area contributed by atoms with Gasteiger partial charge in [-0.25, -0.2) is 4.79 Å². The molecule has 2 aliphatic heterocycles. The number of aryl methyl sites for hydroxylation is 1. The van der Waals surface area contributed by atoms with Crippen LogP contribution in [-0.2, 0) is 11.2 Å². The standard InChI is InChI=1S/C25H31N3O2/c1-18(2)19-12-13-23-20(16-19)8-7-15-28(23)24(29)21-9-6-14-27(17-21)25(30)26-22-10-4-3-5-11-22/h3-5,10-13,16,18,21H,6-9,14-15,17H2,1-2H3,(H,26,30). The number of urea groups is 1. The number of likely N-dealkylation sites (tertiary alicyclic amines) is 1. The third-order valence-corrected chi connectivity index (χ3v) is 6.24. The minimum absolute atomic E-state index is 0.126. The highest BCUT2D eigenvalue weighted by Crippen LogP contribution is 2.32. The second-order valence-corrected chi connectivity index (χ2v) is 8.72. The van der Waals surface area contributed by atoms with Crippen molar-refractivity contribution in [3.8, 4) is 0 Å². The number of carbonyl (C=O) groups excluding carboxylic acids is 2. The summed E-state index contributed by atoms with van der Waals surface area (Å²) < 4.78 is 0. The summed E-state index contributed by atoms with van der Waals surface area (Å²) in [6.45, 7) is 6.33. The van der Waals surface area contributed by atoms with Crippen molar-refractivity contribution in [2.45, 2.75) is 45.4 Å². The molecule has 1 atom stereocenters. The van der Waals surface area contributed by atoms with Gasteiger partial charge in [0, 0.05) is 31.0 Å². The molecule has 0 radical (unpaired) electrons. The number of anilines is 2. The van der Waals surface area contributed by atoms with Gasteiger partial charge in [-0.2, -0.15) is 0 Å². The smallest absolute Gasteiger partial charge is 0.321 e. The fourth-order valence-corrected chi connectivity index (χ4v) is 4.51. The maximum atomic E-state index is 13.4. The molecule has 2 aromatic carbocycles. The normalized spacial score (nSPS) is 18.8. The largest absolute Gasteiger partial charge is 0.324 e. The molecule has 2 aromatic rings. The molecule has 2 aliphatic rings. The fourth-order valence-electron chi connectivity index (χ4n) is 4.51. The van der Waals surface area contributed by atoms with Crippen molar-refractivity contribution >= 4 is 23.3 Å². The zero-order valence-electron chi connectivity index (χ0n) is 17.9. The molecular weight excluding hydrogens is 374 g/mol. The molecule has 1 unspecified atom stereocenters. The summed E-state index contributed by atoms with van der Waals surface area (Å²) in [4.78, 5) is 29.9. The minimum Gasteiger partial charge on any atom is -0.324 e. The summed E-state index contributed by atoms with van der Waals surface area (Å²) in [6.07, 6.45) is 3.70. The van der Waals surface area contributed by atoms with E-state index >= 15 is 0 Å². The number of hydrogen-bond donors (Lipinski definition) is 1. The van der Waals surface area contributed by atoms with Crippen LogP contribution in [0.1, 0.15) is 50.2 Å². The van der Waals surface area contributed by atoms with Gasteiger partial charge in [0.1, 0.15) is 0 Å². The number of nitrogens with zero attached hydrogens (tertiary/aromatic N) is 2. The van der Waals surface area contributed by atoms with E-state index in [1.54, 1.807) is 4.90 Å². The van der Waals surface area contributed by atoms with Crippen LogP contribution in [0.25, 0.3) is 0 Å². The SMILES string of the molecule is CC(C)c1ccc2c(c1)CCCN2C(=O)C1CCCN(C(=O)Nc2ccccc2)C1. The van der Waals surface area contributed by atoms with Gasteiger partial charge in [-0.05, 0) is 60.9 Å². The summed E-state index contributed by atoms with van der Waals surface area (Å²) in [6, 6.07) is 15.9. The van der Waals surface area contributed by atoms with Gasteiger partial charge in [-0.1, -0.05) is 44.2 Å². The number of carbonyl (C=O) groups is 2. The maximum absolute atomic E-state index is 13.4. The van der Waals surface area contributed by atoms with Crippen molar-refractivity contribution in [2.24, 2.45) is 5.92 Å². The number of hydrogen-bond acceptors (Lipinski definition) is 2. The van der Waals surface area contributed by atoms with E-state index in [-0.39, 0.29) is 17.9 Å². The lowest BCUT2D eigenvalue weighted by atomic mass is 9.92. The molecule has 5 heteroatoms. The number of para-hydroxylation sites is 1. The van der Waals surface area contributed by atoms with Crippen LogP contribution < -0.4 is 10.2 Å². The second kappa shape index (κ2) is 8.90. The van der Waals surface area contributed by atoms with Crippen LogP contribution in [0.4, 0.5) is 16.2 Å². The van der Waals surface area contributed by atoms with Gasteiger partial charge in [-0.15, -0.1) is 0 Å². The molecule has 3 amide bonds. The van der Waals surface area contributed by atoms with Crippen molar-refractivity contribution in [3.63, 3.8) is 0 Å². The van der Waals surface area contributed by atoms with Crippen LogP contribution in [0.15, 0.2) is 48.5 Å². The molecule has 5 nitrogen and oxygen atoms in total. The van der Waals surface area contributed by atoms with Crippen molar-refractivity contribution in [1.29, 1.82) is 0 Å². The monoisotopic (exact) mass is 405 g/mol. The number of fused-ring (bicyclic) bond motifs is 1. The van der Waals surface area contributed by atoms with Gasteiger partial charge in [-0.3, -0.25) is 4.79 Å². The van der Waals surface area contributed by atoms with Crippen molar-refractivity contribution < 1.29 is 9.59 Å². The highest BCUT2D eigenvalue weighted by molar-refractivity contribution is 5.97. The molecule has 30 heavy (non-hydrogen) atoms. The highest BCUT2D eigenvalue weighted by atomic mass is 16.2. The van der Waals surface area contributed by atoms with Crippen LogP contribution in [0, 0.1) is 5.92 Å². The Labute approximate surface area is 179 Å². The first kappa shape index (κ1) is 20.5. The molecule has 0 bridgehead atoms. The lowest BCUT2D eigenvalue weighted by molar-refractivity contribution is -0.123. The molecule has 1 saturated heterocycles. The average Bonchev–Trinajstić information content (AvgIpc) is 2.78. The Bertz CT molecular complexity index is 910. The van der Waals surface area contributed by atoms with E-state index in [4.69, 9.17) is 0 Å². The Morgan fingerprint density at radius 2 is 1.83 bits per heavy atom. The number of benzene rings is 2. The third-order valence-electron chi connectivity index (χ3n) is 6.24. The molecule has 1 fully saturated rings.